The van der Waals surface area contributed by atoms with Crippen molar-refractivity contribution in [1.29, 1.82) is 0 Å². The molecule has 164 valence electrons. The predicted molar refractivity (Wildman–Crippen MR) is 119 cm³/mol. The Labute approximate surface area is 180 Å². The van der Waals surface area contributed by atoms with Crippen molar-refractivity contribution in [1.82, 2.24) is 19.7 Å². The Kier molecular flexibility index (Phi) is 5.98. The second-order valence-electron chi connectivity index (χ2n) is 9.58. The van der Waals surface area contributed by atoms with Crippen LogP contribution in [0.15, 0.2) is 22.6 Å². The molecule has 30 heavy (non-hydrogen) atoms. The van der Waals surface area contributed by atoms with Crippen LogP contribution in [-0.4, -0.2) is 77.1 Å². The van der Waals surface area contributed by atoms with Crippen molar-refractivity contribution in [2.75, 3.05) is 39.3 Å². The van der Waals surface area contributed by atoms with Crippen LogP contribution < -0.4 is 4.74 Å². The maximum absolute atomic E-state index is 6.31. The van der Waals surface area contributed by atoms with Gasteiger partial charge in [0.05, 0.1) is 6.54 Å². The fourth-order valence-electron chi connectivity index (χ4n) is 5.03. The van der Waals surface area contributed by atoms with Gasteiger partial charge in [-0.25, -0.2) is 4.98 Å². The molecule has 3 heterocycles. The Morgan fingerprint density at radius 1 is 1.03 bits per heavy atom. The van der Waals surface area contributed by atoms with E-state index in [-0.39, 0.29) is 0 Å². The Morgan fingerprint density at radius 3 is 2.47 bits per heavy atom. The third kappa shape index (κ3) is 4.51. The van der Waals surface area contributed by atoms with Gasteiger partial charge in [0.2, 0.25) is 5.89 Å². The summed E-state index contributed by atoms with van der Waals surface area (Å²) in [6, 6.07) is 7.59. The minimum absolute atomic E-state index is 0.318. The molecule has 1 saturated carbocycles. The zero-order valence-electron chi connectivity index (χ0n) is 18.6. The number of hydrogen-bond acceptors (Lipinski definition) is 6. The fourth-order valence-corrected chi connectivity index (χ4v) is 5.03. The number of piperidine rings is 1. The molecule has 0 atom stereocenters. The molecule has 0 unspecified atom stereocenters. The molecular weight excluding hydrogens is 376 g/mol. The second kappa shape index (κ2) is 8.85. The van der Waals surface area contributed by atoms with Crippen molar-refractivity contribution in [2.45, 2.75) is 70.7 Å². The topological polar surface area (TPSA) is 45.0 Å². The smallest absolute Gasteiger partial charge is 0.209 e. The van der Waals surface area contributed by atoms with Gasteiger partial charge in [-0.1, -0.05) is 6.42 Å². The molecule has 2 aliphatic heterocycles. The van der Waals surface area contributed by atoms with Gasteiger partial charge in [-0.15, -0.1) is 0 Å². The van der Waals surface area contributed by atoms with Crippen LogP contribution in [0.2, 0.25) is 0 Å². The van der Waals surface area contributed by atoms with E-state index >= 15 is 0 Å². The summed E-state index contributed by atoms with van der Waals surface area (Å²) in [4.78, 5) is 12.3. The SMILES string of the molecule is CC(C)N1CCN(Cc2nc3ccc(OC4CCN(C5CCC5)CC4)cc3o2)CC1. The van der Waals surface area contributed by atoms with Crippen LogP contribution in [0.3, 0.4) is 0 Å². The van der Waals surface area contributed by atoms with Gasteiger partial charge in [0.1, 0.15) is 17.4 Å². The molecule has 0 N–H and O–H groups in total. The largest absolute Gasteiger partial charge is 0.490 e. The maximum Gasteiger partial charge on any atom is 0.209 e. The number of fused-ring (bicyclic) bond motifs is 1. The maximum atomic E-state index is 6.31. The number of piperazine rings is 1. The van der Waals surface area contributed by atoms with Gasteiger partial charge in [0.15, 0.2) is 5.58 Å². The van der Waals surface area contributed by atoms with Gasteiger partial charge in [0.25, 0.3) is 0 Å². The molecule has 0 bridgehead atoms. The van der Waals surface area contributed by atoms with E-state index in [0.717, 1.165) is 74.3 Å². The van der Waals surface area contributed by atoms with Crippen LogP contribution in [0.4, 0.5) is 0 Å². The Bertz CT molecular complexity index is 831. The summed E-state index contributed by atoms with van der Waals surface area (Å²) < 4.78 is 12.4. The number of ether oxygens (including phenoxy) is 1. The zero-order chi connectivity index (χ0) is 20.5. The average molecular weight is 413 g/mol. The number of oxazole rings is 1. The van der Waals surface area contributed by atoms with Gasteiger partial charge in [0, 0.05) is 57.4 Å². The molecular formula is C24H36N4O2. The highest BCUT2D eigenvalue weighted by Gasteiger charge is 2.29. The summed E-state index contributed by atoms with van der Waals surface area (Å²) in [5.74, 6) is 1.73. The van der Waals surface area contributed by atoms with E-state index in [0.29, 0.717) is 12.1 Å². The van der Waals surface area contributed by atoms with Crippen molar-refractivity contribution in [3.05, 3.63) is 24.1 Å². The van der Waals surface area contributed by atoms with Gasteiger partial charge in [-0.2, -0.15) is 0 Å². The van der Waals surface area contributed by atoms with E-state index in [1.54, 1.807) is 0 Å². The number of likely N-dealkylation sites (tertiary alicyclic amines) is 1. The zero-order valence-corrected chi connectivity index (χ0v) is 18.6. The van der Waals surface area contributed by atoms with Crippen molar-refractivity contribution in [3.8, 4) is 5.75 Å². The lowest BCUT2D eigenvalue weighted by atomic mass is 9.90. The van der Waals surface area contributed by atoms with Crippen molar-refractivity contribution in [2.24, 2.45) is 0 Å². The minimum atomic E-state index is 0.318. The number of benzene rings is 1. The highest BCUT2D eigenvalue weighted by Crippen LogP contribution is 2.29. The molecule has 5 rings (SSSR count). The highest BCUT2D eigenvalue weighted by molar-refractivity contribution is 5.74. The van der Waals surface area contributed by atoms with Crippen molar-refractivity contribution < 1.29 is 9.15 Å². The molecule has 1 aromatic heterocycles. The molecule has 0 spiro atoms. The summed E-state index contributed by atoms with van der Waals surface area (Å²) in [7, 11) is 0. The number of nitrogens with zero attached hydrogens (tertiary/aromatic N) is 4. The standard InChI is InChI=1S/C24H36N4O2/c1-18(2)27-14-12-26(13-15-27)17-24-25-22-7-6-21(16-23(22)30-24)29-20-8-10-28(11-9-20)19-4-3-5-19/h6-7,16,18-20H,3-5,8-15,17H2,1-2H3. The van der Waals surface area contributed by atoms with Gasteiger partial charge in [-0.05, 0) is 51.7 Å². The molecule has 1 aromatic carbocycles. The van der Waals surface area contributed by atoms with Crippen LogP contribution >= 0.6 is 0 Å². The Hall–Kier alpha value is -1.63. The number of aromatic nitrogens is 1. The third-order valence-electron chi connectivity index (χ3n) is 7.27. The first kappa shape index (κ1) is 20.3. The van der Waals surface area contributed by atoms with Crippen LogP contribution in [0.1, 0.15) is 51.8 Å². The van der Waals surface area contributed by atoms with E-state index < -0.39 is 0 Å². The summed E-state index contributed by atoms with van der Waals surface area (Å²) in [6.45, 7) is 12.1. The monoisotopic (exact) mass is 412 g/mol. The lowest BCUT2D eigenvalue weighted by molar-refractivity contribution is 0.0493. The van der Waals surface area contributed by atoms with Crippen molar-refractivity contribution in [3.63, 3.8) is 0 Å². The minimum Gasteiger partial charge on any atom is -0.490 e. The van der Waals surface area contributed by atoms with Crippen LogP contribution in [0, 0.1) is 0 Å². The number of hydrogen-bond donors (Lipinski definition) is 0. The second-order valence-corrected chi connectivity index (χ2v) is 9.58. The summed E-state index contributed by atoms with van der Waals surface area (Å²) >= 11 is 0. The Balaban J connectivity index is 1.15. The first-order valence-electron chi connectivity index (χ1n) is 11.9. The lowest BCUT2D eigenvalue weighted by Crippen LogP contribution is -2.48. The van der Waals surface area contributed by atoms with Crippen LogP contribution in [-0.2, 0) is 6.54 Å². The molecule has 1 aliphatic carbocycles. The van der Waals surface area contributed by atoms with E-state index in [1.807, 2.05) is 18.2 Å². The molecule has 3 aliphatic rings. The predicted octanol–water partition coefficient (Wildman–Crippen LogP) is 3.75. The van der Waals surface area contributed by atoms with Gasteiger partial charge >= 0.3 is 0 Å². The lowest BCUT2D eigenvalue weighted by Gasteiger charge is -2.41. The number of rotatable bonds is 6. The molecule has 3 fully saturated rings. The third-order valence-corrected chi connectivity index (χ3v) is 7.27. The molecule has 2 saturated heterocycles. The molecule has 6 nitrogen and oxygen atoms in total. The van der Waals surface area contributed by atoms with E-state index in [1.165, 1.54) is 32.4 Å². The Morgan fingerprint density at radius 2 is 1.80 bits per heavy atom. The fraction of sp³-hybridized carbons (Fsp3) is 0.708. The van der Waals surface area contributed by atoms with E-state index in [4.69, 9.17) is 14.1 Å². The molecule has 0 amide bonds. The molecule has 0 radical (unpaired) electrons. The first-order chi connectivity index (χ1) is 14.6. The van der Waals surface area contributed by atoms with Crippen LogP contribution in [0.5, 0.6) is 5.75 Å². The van der Waals surface area contributed by atoms with Gasteiger partial charge in [-0.3, -0.25) is 9.80 Å². The molecule has 6 heteroatoms. The summed E-state index contributed by atoms with van der Waals surface area (Å²) in [5, 5.41) is 0. The van der Waals surface area contributed by atoms with Crippen molar-refractivity contribution >= 4 is 11.1 Å². The quantitative estimate of drug-likeness (QED) is 0.720. The highest BCUT2D eigenvalue weighted by atomic mass is 16.5. The normalized spacial score (nSPS) is 23.3. The van der Waals surface area contributed by atoms with Crippen LogP contribution in [0.25, 0.3) is 11.1 Å². The average Bonchev–Trinajstić information content (AvgIpc) is 3.10. The summed E-state index contributed by atoms with van der Waals surface area (Å²) in [6.07, 6.45) is 6.76. The molecule has 2 aromatic rings. The summed E-state index contributed by atoms with van der Waals surface area (Å²) in [5.41, 5.74) is 1.77. The van der Waals surface area contributed by atoms with E-state index in [2.05, 4.69) is 28.5 Å². The van der Waals surface area contributed by atoms with Gasteiger partial charge < -0.3 is 14.1 Å². The first-order valence-corrected chi connectivity index (χ1v) is 11.9. The van der Waals surface area contributed by atoms with E-state index in [9.17, 15) is 0 Å².